The molecule has 1 heterocycles. The van der Waals surface area contributed by atoms with E-state index >= 15 is 0 Å². The molecule has 1 aliphatic rings. The molecule has 0 radical (unpaired) electrons. The molecule has 4 nitrogen and oxygen atoms in total. The SMILES string of the molecule is CC(C)c1nc2cccc(C(=O)O)c2n1C1CCCC1C. The molecule has 2 unspecified atom stereocenters. The number of hydrogen-bond acceptors (Lipinski definition) is 2. The molecule has 1 aromatic heterocycles. The third-order valence-corrected chi connectivity index (χ3v) is 4.63. The first-order chi connectivity index (χ1) is 10.0. The predicted octanol–water partition coefficient (Wildman–Crippen LogP) is 4.22. The molecule has 2 aromatic rings. The van der Waals surface area contributed by atoms with Crippen molar-refractivity contribution in [3.05, 3.63) is 29.6 Å². The molecule has 0 saturated heterocycles. The lowest BCUT2D eigenvalue weighted by Crippen LogP contribution is -2.17. The second-order valence-electron chi connectivity index (χ2n) is 6.45. The van der Waals surface area contributed by atoms with Gasteiger partial charge < -0.3 is 9.67 Å². The minimum atomic E-state index is -0.872. The topological polar surface area (TPSA) is 55.1 Å². The molecule has 0 amide bonds. The van der Waals surface area contributed by atoms with Crippen LogP contribution in [-0.4, -0.2) is 20.6 Å². The molecule has 21 heavy (non-hydrogen) atoms. The van der Waals surface area contributed by atoms with Crippen LogP contribution in [0.15, 0.2) is 18.2 Å². The molecule has 1 aliphatic carbocycles. The van der Waals surface area contributed by atoms with Crippen LogP contribution in [0.3, 0.4) is 0 Å². The zero-order chi connectivity index (χ0) is 15.1. The van der Waals surface area contributed by atoms with E-state index in [9.17, 15) is 9.90 Å². The van der Waals surface area contributed by atoms with Crippen molar-refractivity contribution in [1.29, 1.82) is 0 Å². The predicted molar refractivity (Wildman–Crippen MR) is 82.8 cm³/mol. The lowest BCUT2D eigenvalue weighted by Gasteiger charge is -2.23. The highest BCUT2D eigenvalue weighted by Gasteiger charge is 2.30. The van der Waals surface area contributed by atoms with Crippen molar-refractivity contribution in [3.63, 3.8) is 0 Å². The van der Waals surface area contributed by atoms with Gasteiger partial charge in [-0.1, -0.05) is 33.3 Å². The summed E-state index contributed by atoms with van der Waals surface area (Å²) >= 11 is 0. The number of carboxylic acid groups (broad SMARTS) is 1. The molecule has 2 atom stereocenters. The second kappa shape index (κ2) is 5.17. The minimum absolute atomic E-state index is 0.284. The summed E-state index contributed by atoms with van der Waals surface area (Å²) in [5.74, 6) is 0.994. The van der Waals surface area contributed by atoms with Gasteiger partial charge in [0.2, 0.25) is 0 Å². The van der Waals surface area contributed by atoms with Gasteiger partial charge in [0.15, 0.2) is 0 Å². The number of benzene rings is 1. The van der Waals surface area contributed by atoms with Gasteiger partial charge in [-0.3, -0.25) is 0 Å². The summed E-state index contributed by atoms with van der Waals surface area (Å²) in [5, 5.41) is 9.52. The largest absolute Gasteiger partial charge is 0.478 e. The summed E-state index contributed by atoms with van der Waals surface area (Å²) in [6.45, 7) is 6.51. The number of aromatic carboxylic acids is 1. The van der Waals surface area contributed by atoms with Gasteiger partial charge in [0.05, 0.1) is 16.6 Å². The summed E-state index contributed by atoms with van der Waals surface area (Å²) in [4.78, 5) is 16.3. The Morgan fingerprint density at radius 2 is 2.14 bits per heavy atom. The van der Waals surface area contributed by atoms with Crippen LogP contribution in [0.25, 0.3) is 11.0 Å². The Morgan fingerprint density at radius 1 is 1.38 bits per heavy atom. The average molecular weight is 286 g/mol. The fraction of sp³-hybridized carbons (Fsp3) is 0.529. The fourth-order valence-corrected chi connectivity index (χ4v) is 3.59. The van der Waals surface area contributed by atoms with Crippen LogP contribution in [-0.2, 0) is 0 Å². The van der Waals surface area contributed by atoms with Crippen molar-refractivity contribution in [3.8, 4) is 0 Å². The van der Waals surface area contributed by atoms with Crippen molar-refractivity contribution in [2.24, 2.45) is 5.92 Å². The van der Waals surface area contributed by atoms with Gasteiger partial charge in [0.1, 0.15) is 5.82 Å². The number of carbonyl (C=O) groups is 1. The van der Waals surface area contributed by atoms with E-state index in [1.807, 2.05) is 6.07 Å². The Bertz CT molecular complexity index is 687. The van der Waals surface area contributed by atoms with Crippen LogP contribution in [0, 0.1) is 5.92 Å². The number of nitrogens with zero attached hydrogens (tertiary/aromatic N) is 2. The van der Waals surface area contributed by atoms with E-state index in [-0.39, 0.29) is 5.92 Å². The Morgan fingerprint density at radius 3 is 2.71 bits per heavy atom. The zero-order valence-corrected chi connectivity index (χ0v) is 12.8. The first-order valence-electron chi connectivity index (χ1n) is 7.74. The van der Waals surface area contributed by atoms with Crippen molar-refractivity contribution in [2.45, 2.75) is 52.0 Å². The molecule has 112 valence electrons. The van der Waals surface area contributed by atoms with Gasteiger partial charge in [0, 0.05) is 12.0 Å². The molecule has 0 spiro atoms. The van der Waals surface area contributed by atoms with E-state index in [0.717, 1.165) is 23.3 Å². The highest BCUT2D eigenvalue weighted by atomic mass is 16.4. The third-order valence-electron chi connectivity index (χ3n) is 4.63. The fourth-order valence-electron chi connectivity index (χ4n) is 3.59. The number of fused-ring (bicyclic) bond motifs is 1. The van der Waals surface area contributed by atoms with Crippen LogP contribution < -0.4 is 0 Å². The monoisotopic (exact) mass is 286 g/mol. The second-order valence-corrected chi connectivity index (χ2v) is 6.45. The number of carboxylic acids is 1. The van der Waals surface area contributed by atoms with Gasteiger partial charge >= 0.3 is 5.97 Å². The molecular weight excluding hydrogens is 264 g/mol. The van der Waals surface area contributed by atoms with Crippen LogP contribution in [0.2, 0.25) is 0 Å². The van der Waals surface area contributed by atoms with E-state index in [0.29, 0.717) is 17.5 Å². The maximum Gasteiger partial charge on any atom is 0.337 e. The molecule has 4 heteroatoms. The summed E-state index contributed by atoms with van der Waals surface area (Å²) < 4.78 is 2.22. The van der Waals surface area contributed by atoms with Gasteiger partial charge in [0.25, 0.3) is 0 Å². The molecule has 0 aliphatic heterocycles. The number of para-hydroxylation sites is 1. The number of rotatable bonds is 3. The van der Waals surface area contributed by atoms with Gasteiger partial charge in [-0.15, -0.1) is 0 Å². The van der Waals surface area contributed by atoms with E-state index in [1.54, 1.807) is 12.1 Å². The van der Waals surface area contributed by atoms with Gasteiger partial charge in [-0.25, -0.2) is 9.78 Å². The van der Waals surface area contributed by atoms with Crippen LogP contribution in [0.1, 0.15) is 68.2 Å². The first kappa shape index (κ1) is 14.1. The van der Waals surface area contributed by atoms with E-state index in [1.165, 1.54) is 12.8 Å². The van der Waals surface area contributed by atoms with Gasteiger partial charge in [-0.05, 0) is 30.9 Å². The highest BCUT2D eigenvalue weighted by molar-refractivity contribution is 6.01. The molecule has 1 fully saturated rings. The molecule has 3 rings (SSSR count). The average Bonchev–Trinajstić information content (AvgIpc) is 3.00. The summed E-state index contributed by atoms with van der Waals surface area (Å²) in [6.07, 6.45) is 3.52. The Kier molecular flexibility index (Phi) is 3.47. The van der Waals surface area contributed by atoms with Crippen molar-refractivity contribution in [2.75, 3.05) is 0 Å². The smallest absolute Gasteiger partial charge is 0.337 e. The standard InChI is InChI=1S/C17H22N2O2/c1-10(2)16-18-13-8-5-7-12(17(20)21)15(13)19(16)14-9-4-6-11(14)3/h5,7-8,10-11,14H,4,6,9H2,1-3H3,(H,20,21). The maximum absolute atomic E-state index is 11.6. The van der Waals surface area contributed by atoms with E-state index < -0.39 is 5.97 Å². The van der Waals surface area contributed by atoms with E-state index in [4.69, 9.17) is 4.98 Å². The number of hydrogen-bond donors (Lipinski definition) is 1. The summed E-state index contributed by atoms with van der Waals surface area (Å²) in [6, 6.07) is 5.76. The summed E-state index contributed by atoms with van der Waals surface area (Å²) in [5.41, 5.74) is 1.97. The van der Waals surface area contributed by atoms with Crippen LogP contribution in [0.5, 0.6) is 0 Å². The highest BCUT2D eigenvalue weighted by Crippen LogP contribution is 2.40. The lowest BCUT2D eigenvalue weighted by molar-refractivity contribution is 0.0698. The minimum Gasteiger partial charge on any atom is -0.478 e. The van der Waals surface area contributed by atoms with Crippen molar-refractivity contribution < 1.29 is 9.90 Å². The first-order valence-corrected chi connectivity index (χ1v) is 7.74. The number of imidazole rings is 1. The number of aromatic nitrogens is 2. The Balaban J connectivity index is 2.32. The Hall–Kier alpha value is -1.84. The van der Waals surface area contributed by atoms with Crippen LogP contribution >= 0.6 is 0 Å². The lowest BCUT2D eigenvalue weighted by atomic mass is 10.0. The summed E-state index contributed by atoms with van der Waals surface area (Å²) in [7, 11) is 0. The van der Waals surface area contributed by atoms with Crippen LogP contribution in [0.4, 0.5) is 0 Å². The van der Waals surface area contributed by atoms with Gasteiger partial charge in [-0.2, -0.15) is 0 Å². The Labute approximate surface area is 124 Å². The third kappa shape index (κ3) is 2.23. The maximum atomic E-state index is 11.6. The molecule has 1 aromatic carbocycles. The molecule has 1 N–H and O–H groups in total. The van der Waals surface area contributed by atoms with Crippen molar-refractivity contribution in [1.82, 2.24) is 9.55 Å². The normalized spacial score (nSPS) is 22.3. The zero-order valence-electron chi connectivity index (χ0n) is 12.8. The van der Waals surface area contributed by atoms with Crippen molar-refractivity contribution >= 4 is 17.0 Å². The van der Waals surface area contributed by atoms with E-state index in [2.05, 4.69) is 25.3 Å². The molecular formula is C17H22N2O2. The molecule has 1 saturated carbocycles. The quantitative estimate of drug-likeness (QED) is 0.919. The molecule has 0 bridgehead atoms.